The van der Waals surface area contributed by atoms with E-state index in [0.717, 1.165) is 35.6 Å². The van der Waals surface area contributed by atoms with Crippen LogP contribution in [-0.4, -0.2) is 19.7 Å². The van der Waals surface area contributed by atoms with E-state index in [1.54, 1.807) is 6.33 Å². The van der Waals surface area contributed by atoms with E-state index in [1.165, 1.54) is 5.56 Å². The summed E-state index contributed by atoms with van der Waals surface area (Å²) in [4.78, 5) is 7.14. The minimum Gasteiger partial charge on any atom is -0.381 e. The second kappa shape index (κ2) is 5.83. The molecular weight excluding hydrogens is 262 g/mol. The van der Waals surface area contributed by atoms with E-state index in [0.29, 0.717) is 0 Å². The standard InChI is InChI=1S/C16H19N5/c1-3-15-13(10-21(2)20-15)8-18-14-6-4-12(5-7-14)16-9-17-11-19-16/h4-7,9-11,18H,3,8H2,1-2H3,(H,17,19). The van der Waals surface area contributed by atoms with Crippen molar-refractivity contribution in [2.45, 2.75) is 19.9 Å². The number of hydrogen-bond acceptors (Lipinski definition) is 3. The maximum atomic E-state index is 4.45. The average Bonchev–Trinajstić information content (AvgIpc) is 3.15. The van der Waals surface area contributed by atoms with Crippen LogP contribution in [0, 0.1) is 0 Å². The first-order chi connectivity index (χ1) is 10.3. The topological polar surface area (TPSA) is 58.5 Å². The van der Waals surface area contributed by atoms with Crippen molar-refractivity contribution >= 4 is 5.69 Å². The van der Waals surface area contributed by atoms with Crippen molar-refractivity contribution in [2.75, 3.05) is 5.32 Å². The third kappa shape index (κ3) is 2.97. The van der Waals surface area contributed by atoms with Gasteiger partial charge in [0.05, 0.1) is 23.9 Å². The molecule has 21 heavy (non-hydrogen) atoms. The lowest BCUT2D eigenvalue weighted by Crippen LogP contribution is -2.00. The van der Waals surface area contributed by atoms with Crippen molar-refractivity contribution in [2.24, 2.45) is 7.05 Å². The summed E-state index contributed by atoms with van der Waals surface area (Å²) in [7, 11) is 1.96. The summed E-state index contributed by atoms with van der Waals surface area (Å²) in [5, 5.41) is 7.90. The van der Waals surface area contributed by atoms with Gasteiger partial charge < -0.3 is 10.3 Å². The first kappa shape index (κ1) is 13.4. The Morgan fingerprint density at radius 2 is 2.05 bits per heavy atom. The predicted molar refractivity (Wildman–Crippen MR) is 83.9 cm³/mol. The van der Waals surface area contributed by atoms with Crippen molar-refractivity contribution in [1.29, 1.82) is 0 Å². The summed E-state index contributed by atoms with van der Waals surface area (Å²) >= 11 is 0. The number of aromatic amines is 1. The van der Waals surface area contributed by atoms with E-state index in [2.05, 4.69) is 57.8 Å². The van der Waals surface area contributed by atoms with E-state index in [9.17, 15) is 0 Å². The summed E-state index contributed by atoms with van der Waals surface area (Å²) in [6.45, 7) is 2.92. The Morgan fingerprint density at radius 1 is 1.24 bits per heavy atom. The number of rotatable bonds is 5. The Kier molecular flexibility index (Phi) is 3.73. The van der Waals surface area contributed by atoms with Gasteiger partial charge in [-0.25, -0.2) is 4.98 Å². The lowest BCUT2D eigenvalue weighted by Gasteiger charge is -2.07. The lowest BCUT2D eigenvalue weighted by atomic mass is 10.1. The van der Waals surface area contributed by atoms with Crippen LogP contribution in [0.5, 0.6) is 0 Å². The van der Waals surface area contributed by atoms with Crippen LogP contribution in [0.1, 0.15) is 18.2 Å². The molecule has 0 aliphatic rings. The van der Waals surface area contributed by atoms with Crippen LogP contribution >= 0.6 is 0 Å². The van der Waals surface area contributed by atoms with Crippen LogP contribution < -0.4 is 5.32 Å². The molecule has 2 aromatic heterocycles. The zero-order chi connectivity index (χ0) is 14.7. The zero-order valence-electron chi connectivity index (χ0n) is 12.3. The van der Waals surface area contributed by atoms with Gasteiger partial charge in [0, 0.05) is 31.0 Å². The lowest BCUT2D eigenvalue weighted by molar-refractivity contribution is 0.746. The number of hydrogen-bond donors (Lipinski definition) is 2. The van der Waals surface area contributed by atoms with Crippen LogP contribution in [-0.2, 0) is 20.0 Å². The van der Waals surface area contributed by atoms with Crippen molar-refractivity contribution in [3.8, 4) is 11.3 Å². The van der Waals surface area contributed by atoms with Gasteiger partial charge in [-0.1, -0.05) is 19.1 Å². The highest BCUT2D eigenvalue weighted by atomic mass is 15.3. The molecule has 5 heteroatoms. The minimum absolute atomic E-state index is 0.792. The largest absolute Gasteiger partial charge is 0.381 e. The molecule has 0 radical (unpaired) electrons. The molecule has 108 valence electrons. The van der Waals surface area contributed by atoms with Crippen LogP contribution in [0.3, 0.4) is 0 Å². The van der Waals surface area contributed by atoms with Gasteiger partial charge in [0.15, 0.2) is 0 Å². The quantitative estimate of drug-likeness (QED) is 0.756. The van der Waals surface area contributed by atoms with Gasteiger partial charge in [-0.05, 0) is 24.1 Å². The first-order valence-electron chi connectivity index (χ1n) is 7.10. The highest BCUT2D eigenvalue weighted by Crippen LogP contribution is 2.19. The van der Waals surface area contributed by atoms with Crippen molar-refractivity contribution in [3.63, 3.8) is 0 Å². The van der Waals surface area contributed by atoms with Gasteiger partial charge >= 0.3 is 0 Å². The van der Waals surface area contributed by atoms with Gasteiger partial charge in [0.2, 0.25) is 0 Å². The molecule has 0 bridgehead atoms. The number of imidazole rings is 1. The second-order valence-electron chi connectivity index (χ2n) is 5.02. The maximum absolute atomic E-state index is 4.45. The molecule has 3 aromatic rings. The molecule has 0 saturated heterocycles. The van der Waals surface area contributed by atoms with Gasteiger partial charge in [0.25, 0.3) is 0 Å². The fourth-order valence-corrected chi connectivity index (χ4v) is 2.41. The third-order valence-electron chi connectivity index (χ3n) is 3.50. The molecule has 0 amide bonds. The van der Waals surface area contributed by atoms with Crippen molar-refractivity contribution in [1.82, 2.24) is 19.7 Å². The Hall–Kier alpha value is -2.56. The molecule has 0 aliphatic carbocycles. The number of benzene rings is 1. The molecule has 2 heterocycles. The molecule has 0 aliphatic heterocycles. The Bertz CT molecular complexity index is 695. The third-order valence-corrected chi connectivity index (χ3v) is 3.50. The van der Waals surface area contributed by atoms with E-state index < -0.39 is 0 Å². The van der Waals surface area contributed by atoms with Crippen LogP contribution in [0.4, 0.5) is 5.69 Å². The number of nitrogens with one attached hydrogen (secondary N) is 2. The molecule has 0 atom stereocenters. The summed E-state index contributed by atoms with van der Waals surface area (Å²) in [5.74, 6) is 0. The molecule has 1 aromatic carbocycles. The van der Waals surface area contributed by atoms with Crippen molar-refractivity contribution in [3.05, 3.63) is 54.2 Å². The van der Waals surface area contributed by atoms with Gasteiger partial charge in [0.1, 0.15) is 0 Å². The highest BCUT2D eigenvalue weighted by Gasteiger charge is 2.05. The minimum atomic E-state index is 0.792. The maximum Gasteiger partial charge on any atom is 0.0924 e. The SMILES string of the molecule is CCc1nn(C)cc1CNc1ccc(-c2cnc[nH]2)cc1. The van der Waals surface area contributed by atoms with E-state index in [4.69, 9.17) is 0 Å². The number of H-pyrrole nitrogens is 1. The molecule has 5 nitrogen and oxygen atoms in total. The number of anilines is 1. The first-order valence-corrected chi connectivity index (χ1v) is 7.10. The summed E-state index contributed by atoms with van der Waals surface area (Å²) < 4.78 is 1.87. The molecular formula is C16H19N5. The molecule has 0 fully saturated rings. The van der Waals surface area contributed by atoms with Crippen LogP contribution in [0.15, 0.2) is 43.0 Å². The molecule has 2 N–H and O–H groups in total. The zero-order valence-corrected chi connectivity index (χ0v) is 12.3. The van der Waals surface area contributed by atoms with Crippen LogP contribution in [0.25, 0.3) is 11.3 Å². The average molecular weight is 281 g/mol. The van der Waals surface area contributed by atoms with Gasteiger partial charge in [-0.2, -0.15) is 5.10 Å². The fraction of sp³-hybridized carbons (Fsp3) is 0.250. The molecule has 0 spiro atoms. The Morgan fingerprint density at radius 3 is 2.71 bits per heavy atom. The molecule has 0 saturated carbocycles. The van der Waals surface area contributed by atoms with Crippen LogP contribution in [0.2, 0.25) is 0 Å². The number of aryl methyl sites for hydroxylation is 2. The number of nitrogens with zero attached hydrogens (tertiary/aromatic N) is 3. The van der Waals surface area contributed by atoms with E-state index in [1.807, 2.05) is 17.9 Å². The van der Waals surface area contributed by atoms with E-state index >= 15 is 0 Å². The second-order valence-corrected chi connectivity index (χ2v) is 5.02. The smallest absolute Gasteiger partial charge is 0.0924 e. The Labute approximate surface area is 124 Å². The number of aromatic nitrogens is 4. The van der Waals surface area contributed by atoms with Crippen molar-refractivity contribution < 1.29 is 0 Å². The normalized spacial score (nSPS) is 10.8. The fourth-order valence-electron chi connectivity index (χ4n) is 2.41. The summed E-state index contributed by atoms with van der Waals surface area (Å²) in [6.07, 6.45) is 6.54. The monoisotopic (exact) mass is 281 g/mol. The molecule has 0 unspecified atom stereocenters. The van der Waals surface area contributed by atoms with Gasteiger partial charge in [-0.3, -0.25) is 4.68 Å². The Balaban J connectivity index is 1.68. The van der Waals surface area contributed by atoms with E-state index in [-0.39, 0.29) is 0 Å². The summed E-state index contributed by atoms with van der Waals surface area (Å²) in [6, 6.07) is 8.33. The highest BCUT2D eigenvalue weighted by molar-refractivity contribution is 5.61. The van der Waals surface area contributed by atoms with Gasteiger partial charge in [-0.15, -0.1) is 0 Å². The predicted octanol–water partition coefficient (Wildman–Crippen LogP) is 2.98. The summed E-state index contributed by atoms with van der Waals surface area (Å²) in [5.41, 5.74) is 5.66. The molecule has 3 rings (SSSR count).